The first-order valence-electron chi connectivity index (χ1n) is 8.56. The predicted octanol–water partition coefficient (Wildman–Crippen LogP) is 3.25. The molecule has 27 heavy (non-hydrogen) atoms. The minimum atomic E-state index is -0.536. The largest absolute Gasteiger partial charge is 0.487 e. The number of nitriles is 1. The lowest BCUT2D eigenvalue weighted by molar-refractivity contribution is -0.384. The third-order valence-electron chi connectivity index (χ3n) is 4.66. The molecule has 0 aromatic heterocycles. The summed E-state index contributed by atoms with van der Waals surface area (Å²) in [5, 5.41) is 20.4. The van der Waals surface area contributed by atoms with E-state index in [2.05, 4.69) is 6.07 Å². The fourth-order valence-corrected chi connectivity index (χ4v) is 3.16. The Kier molecular flexibility index (Phi) is 5.08. The minimum absolute atomic E-state index is 0.0812. The van der Waals surface area contributed by atoms with Crippen LogP contribution < -0.4 is 4.74 Å². The summed E-state index contributed by atoms with van der Waals surface area (Å²) in [7, 11) is 0. The summed E-state index contributed by atoms with van der Waals surface area (Å²) in [6.07, 6.45) is -0.536. The highest BCUT2D eigenvalue weighted by molar-refractivity contribution is 5.96. The Bertz CT molecular complexity index is 935. The first-order chi connectivity index (χ1) is 12.9. The molecule has 1 fully saturated rings. The minimum Gasteiger partial charge on any atom is -0.487 e. The van der Waals surface area contributed by atoms with Crippen LogP contribution in [0.5, 0.6) is 5.75 Å². The number of aryl methyl sites for hydroxylation is 2. The molecule has 138 valence electrons. The van der Waals surface area contributed by atoms with Gasteiger partial charge in [-0.3, -0.25) is 14.9 Å². The van der Waals surface area contributed by atoms with E-state index >= 15 is 0 Å². The van der Waals surface area contributed by atoms with Crippen LogP contribution in [-0.2, 0) is 0 Å². The Morgan fingerprint density at radius 3 is 2.74 bits per heavy atom. The molecule has 2 aromatic carbocycles. The SMILES string of the molecule is Cc1ccc(C)c(C(=O)N2C[C@H](Oc3cccc([N+](=O)[O-])c3)[C@@H](C#N)C2)c1. The average molecular weight is 365 g/mol. The molecule has 0 aliphatic carbocycles. The first kappa shape index (κ1) is 18.4. The Balaban J connectivity index is 1.78. The summed E-state index contributed by atoms with van der Waals surface area (Å²) in [5.74, 6) is -0.324. The fourth-order valence-electron chi connectivity index (χ4n) is 3.16. The van der Waals surface area contributed by atoms with Gasteiger partial charge in [0, 0.05) is 18.2 Å². The van der Waals surface area contributed by atoms with Crippen LogP contribution in [0, 0.1) is 41.2 Å². The van der Waals surface area contributed by atoms with Crippen LogP contribution in [0.15, 0.2) is 42.5 Å². The van der Waals surface area contributed by atoms with Gasteiger partial charge in [-0.2, -0.15) is 5.26 Å². The van der Waals surface area contributed by atoms with Crippen molar-refractivity contribution in [1.82, 2.24) is 4.90 Å². The van der Waals surface area contributed by atoms with Crippen molar-refractivity contribution in [3.63, 3.8) is 0 Å². The number of non-ortho nitro benzene ring substituents is 1. The molecule has 0 N–H and O–H groups in total. The molecule has 7 nitrogen and oxygen atoms in total. The normalized spacial score (nSPS) is 18.8. The number of amides is 1. The van der Waals surface area contributed by atoms with Crippen LogP contribution in [0.4, 0.5) is 5.69 Å². The van der Waals surface area contributed by atoms with Gasteiger partial charge in [0.2, 0.25) is 0 Å². The zero-order valence-electron chi connectivity index (χ0n) is 15.1. The zero-order valence-corrected chi connectivity index (χ0v) is 15.1. The summed E-state index contributed by atoms with van der Waals surface area (Å²) in [6.45, 7) is 4.32. The van der Waals surface area contributed by atoms with Crippen molar-refractivity contribution < 1.29 is 14.5 Å². The molecule has 2 atom stereocenters. The van der Waals surface area contributed by atoms with Gasteiger partial charge in [-0.25, -0.2) is 0 Å². The van der Waals surface area contributed by atoms with Crippen molar-refractivity contribution >= 4 is 11.6 Å². The highest BCUT2D eigenvalue weighted by Gasteiger charge is 2.37. The van der Waals surface area contributed by atoms with Crippen molar-refractivity contribution in [3.8, 4) is 11.8 Å². The van der Waals surface area contributed by atoms with E-state index in [1.54, 1.807) is 11.0 Å². The van der Waals surface area contributed by atoms with Gasteiger partial charge in [-0.1, -0.05) is 23.8 Å². The lowest BCUT2D eigenvalue weighted by Gasteiger charge is -2.18. The van der Waals surface area contributed by atoms with Crippen molar-refractivity contribution in [2.75, 3.05) is 13.1 Å². The number of ether oxygens (including phenoxy) is 1. The molecule has 1 heterocycles. The van der Waals surface area contributed by atoms with Crippen molar-refractivity contribution in [3.05, 3.63) is 69.3 Å². The van der Waals surface area contributed by atoms with Gasteiger partial charge in [-0.15, -0.1) is 0 Å². The number of nitrogens with zero attached hydrogens (tertiary/aromatic N) is 3. The number of nitro benzene ring substituents is 1. The maximum atomic E-state index is 12.9. The molecule has 0 spiro atoms. The average Bonchev–Trinajstić information content (AvgIpc) is 3.06. The predicted molar refractivity (Wildman–Crippen MR) is 98.4 cm³/mol. The third kappa shape index (κ3) is 3.90. The monoisotopic (exact) mass is 365 g/mol. The maximum absolute atomic E-state index is 12.9. The molecule has 3 rings (SSSR count). The Morgan fingerprint density at radius 2 is 2.04 bits per heavy atom. The number of likely N-dealkylation sites (tertiary alicyclic amines) is 1. The van der Waals surface area contributed by atoms with Gasteiger partial charge in [0.1, 0.15) is 17.8 Å². The molecule has 1 amide bonds. The molecular weight excluding hydrogens is 346 g/mol. The molecule has 1 aliphatic rings. The van der Waals surface area contributed by atoms with Crippen LogP contribution in [0.2, 0.25) is 0 Å². The first-order valence-corrected chi connectivity index (χ1v) is 8.56. The molecule has 0 unspecified atom stereocenters. The van der Waals surface area contributed by atoms with Gasteiger partial charge in [0.15, 0.2) is 0 Å². The second-order valence-corrected chi connectivity index (χ2v) is 6.67. The topological polar surface area (TPSA) is 96.5 Å². The number of hydrogen-bond acceptors (Lipinski definition) is 5. The molecule has 0 bridgehead atoms. The molecular formula is C20H19N3O4. The summed E-state index contributed by atoms with van der Waals surface area (Å²) in [6, 6.07) is 13.7. The number of nitro groups is 1. The van der Waals surface area contributed by atoms with Crippen molar-refractivity contribution in [2.45, 2.75) is 20.0 Å². The van der Waals surface area contributed by atoms with Gasteiger partial charge in [0.25, 0.3) is 11.6 Å². The van der Waals surface area contributed by atoms with E-state index in [0.717, 1.165) is 11.1 Å². The lowest BCUT2D eigenvalue weighted by atomic mass is 10.0. The number of hydrogen-bond donors (Lipinski definition) is 0. The van der Waals surface area contributed by atoms with Gasteiger partial charge in [-0.05, 0) is 31.5 Å². The quantitative estimate of drug-likeness (QED) is 0.612. The summed E-state index contributed by atoms with van der Waals surface area (Å²) >= 11 is 0. The molecule has 1 aliphatic heterocycles. The number of carbonyl (C=O) groups excluding carboxylic acids is 1. The van der Waals surface area contributed by atoms with Gasteiger partial charge in [0.05, 0.1) is 23.6 Å². The van der Waals surface area contributed by atoms with E-state index in [1.165, 1.54) is 18.2 Å². The van der Waals surface area contributed by atoms with Crippen LogP contribution in [-0.4, -0.2) is 34.9 Å². The maximum Gasteiger partial charge on any atom is 0.273 e. The summed E-state index contributed by atoms with van der Waals surface area (Å²) in [5.41, 5.74) is 2.40. The second kappa shape index (κ2) is 7.46. The van der Waals surface area contributed by atoms with Crippen LogP contribution in [0.25, 0.3) is 0 Å². The Hall–Kier alpha value is -3.40. The van der Waals surface area contributed by atoms with Crippen LogP contribution >= 0.6 is 0 Å². The van der Waals surface area contributed by atoms with E-state index in [-0.39, 0.29) is 24.7 Å². The Morgan fingerprint density at radius 1 is 1.26 bits per heavy atom. The molecule has 0 saturated carbocycles. The van der Waals surface area contributed by atoms with Gasteiger partial charge >= 0.3 is 0 Å². The molecule has 0 radical (unpaired) electrons. The smallest absolute Gasteiger partial charge is 0.273 e. The van der Waals surface area contributed by atoms with Crippen LogP contribution in [0.3, 0.4) is 0 Å². The summed E-state index contributed by atoms with van der Waals surface area (Å²) in [4.78, 5) is 24.9. The number of carbonyl (C=O) groups is 1. The van der Waals surface area contributed by atoms with E-state index < -0.39 is 16.9 Å². The third-order valence-corrected chi connectivity index (χ3v) is 4.66. The van der Waals surface area contributed by atoms with E-state index in [4.69, 9.17) is 4.74 Å². The zero-order chi connectivity index (χ0) is 19.6. The molecule has 7 heteroatoms. The van der Waals surface area contributed by atoms with Crippen molar-refractivity contribution in [2.24, 2.45) is 5.92 Å². The highest BCUT2D eigenvalue weighted by Crippen LogP contribution is 2.27. The Labute approximate surface area is 156 Å². The summed E-state index contributed by atoms with van der Waals surface area (Å²) < 4.78 is 5.82. The van der Waals surface area contributed by atoms with E-state index in [1.807, 2.05) is 32.0 Å². The lowest BCUT2D eigenvalue weighted by Crippen LogP contribution is -2.31. The van der Waals surface area contributed by atoms with Gasteiger partial charge < -0.3 is 9.64 Å². The number of benzene rings is 2. The fraction of sp³-hybridized carbons (Fsp3) is 0.300. The van der Waals surface area contributed by atoms with E-state index in [9.17, 15) is 20.2 Å². The highest BCUT2D eigenvalue weighted by atomic mass is 16.6. The van der Waals surface area contributed by atoms with E-state index in [0.29, 0.717) is 11.3 Å². The van der Waals surface area contributed by atoms with Crippen molar-refractivity contribution in [1.29, 1.82) is 5.26 Å². The standard InChI is InChI=1S/C20H19N3O4/c1-13-6-7-14(2)18(8-13)20(24)22-11-15(10-21)19(12-22)27-17-5-3-4-16(9-17)23(25)26/h3-9,15,19H,11-12H2,1-2H3/t15-,19-/m0/s1. The van der Waals surface area contributed by atoms with Crippen LogP contribution in [0.1, 0.15) is 21.5 Å². The molecule has 1 saturated heterocycles. The second-order valence-electron chi connectivity index (χ2n) is 6.67. The molecule has 2 aromatic rings. The number of rotatable bonds is 4.